The molecular weight excluding hydrogens is 192 g/mol. The van der Waals surface area contributed by atoms with Gasteiger partial charge in [0, 0.05) is 18.9 Å². The Balaban J connectivity index is 3.85. The number of carbonyl (C=O) groups is 2. The predicted octanol–water partition coefficient (Wildman–Crippen LogP) is 1.19. The van der Waals surface area contributed by atoms with Crippen LogP contribution in [0.15, 0.2) is 0 Å². The number of hydrogen-bond acceptors (Lipinski definition) is 2. The number of nitrogens with two attached hydrogens (primary N) is 1. The van der Waals surface area contributed by atoms with Crippen molar-refractivity contribution in [3.8, 4) is 0 Å². The van der Waals surface area contributed by atoms with Crippen molar-refractivity contribution >= 4 is 11.8 Å². The zero-order chi connectivity index (χ0) is 11.7. The van der Waals surface area contributed by atoms with Gasteiger partial charge in [-0.25, -0.2) is 0 Å². The van der Waals surface area contributed by atoms with Gasteiger partial charge in [-0.3, -0.25) is 9.59 Å². The minimum absolute atomic E-state index is 0.0555. The van der Waals surface area contributed by atoms with Crippen LogP contribution < -0.4 is 11.1 Å². The highest BCUT2D eigenvalue weighted by molar-refractivity contribution is 5.79. The zero-order valence-corrected chi connectivity index (χ0v) is 9.71. The van der Waals surface area contributed by atoms with Gasteiger partial charge in [0.15, 0.2) is 0 Å². The van der Waals surface area contributed by atoms with Crippen LogP contribution in [0.3, 0.4) is 0 Å². The molecule has 0 aromatic carbocycles. The van der Waals surface area contributed by atoms with Crippen molar-refractivity contribution < 1.29 is 9.59 Å². The van der Waals surface area contributed by atoms with E-state index < -0.39 is 0 Å². The molecule has 15 heavy (non-hydrogen) atoms. The van der Waals surface area contributed by atoms with E-state index in [2.05, 4.69) is 19.2 Å². The van der Waals surface area contributed by atoms with Crippen molar-refractivity contribution in [2.75, 3.05) is 6.54 Å². The van der Waals surface area contributed by atoms with E-state index in [9.17, 15) is 9.59 Å². The van der Waals surface area contributed by atoms with Gasteiger partial charge in [-0.1, -0.05) is 26.7 Å². The molecule has 0 aliphatic rings. The summed E-state index contributed by atoms with van der Waals surface area (Å²) in [6.07, 6.45) is 4.06. The first-order valence-corrected chi connectivity index (χ1v) is 5.67. The lowest BCUT2D eigenvalue weighted by Crippen LogP contribution is -2.33. The first-order chi connectivity index (χ1) is 7.11. The molecule has 0 saturated heterocycles. The van der Waals surface area contributed by atoms with Crippen LogP contribution in [0.25, 0.3) is 0 Å². The van der Waals surface area contributed by atoms with Gasteiger partial charge in [0.25, 0.3) is 0 Å². The van der Waals surface area contributed by atoms with Crippen molar-refractivity contribution in [1.82, 2.24) is 5.32 Å². The third kappa shape index (κ3) is 6.94. The zero-order valence-electron chi connectivity index (χ0n) is 9.71. The third-order valence-electron chi connectivity index (χ3n) is 2.32. The number of hydrogen-bond donors (Lipinski definition) is 2. The quantitative estimate of drug-likeness (QED) is 0.637. The molecule has 0 spiro atoms. The largest absolute Gasteiger partial charge is 0.370 e. The average molecular weight is 214 g/mol. The molecule has 0 saturated carbocycles. The molecule has 0 bridgehead atoms. The molecule has 4 nitrogen and oxygen atoms in total. The molecule has 0 aromatic rings. The second kappa shape index (κ2) is 8.26. The van der Waals surface area contributed by atoms with E-state index in [1.54, 1.807) is 0 Å². The molecule has 0 rings (SSSR count). The van der Waals surface area contributed by atoms with Gasteiger partial charge in [-0.2, -0.15) is 0 Å². The summed E-state index contributed by atoms with van der Waals surface area (Å²) in [4.78, 5) is 22.1. The Hall–Kier alpha value is -1.06. The highest BCUT2D eigenvalue weighted by atomic mass is 16.2. The van der Waals surface area contributed by atoms with Crippen molar-refractivity contribution in [1.29, 1.82) is 0 Å². The Morgan fingerprint density at radius 2 is 1.73 bits per heavy atom. The average Bonchev–Trinajstić information content (AvgIpc) is 2.16. The highest BCUT2D eigenvalue weighted by Gasteiger charge is 2.15. The van der Waals surface area contributed by atoms with Crippen molar-refractivity contribution in [2.45, 2.75) is 46.0 Å². The minimum atomic E-state index is -0.377. The topological polar surface area (TPSA) is 72.2 Å². The van der Waals surface area contributed by atoms with Gasteiger partial charge < -0.3 is 11.1 Å². The van der Waals surface area contributed by atoms with Gasteiger partial charge in [-0.15, -0.1) is 0 Å². The summed E-state index contributed by atoms with van der Waals surface area (Å²) in [6.45, 7) is 4.50. The van der Waals surface area contributed by atoms with Crippen LogP contribution in [-0.4, -0.2) is 18.4 Å². The number of rotatable bonds is 8. The SMILES string of the molecule is CCCC(CCC)C(=O)NCCC(N)=O. The molecule has 88 valence electrons. The standard InChI is InChI=1S/C11H22N2O2/c1-3-5-9(6-4-2)11(15)13-8-7-10(12)14/h9H,3-8H2,1-2H3,(H2,12,14)(H,13,15). The van der Waals surface area contributed by atoms with Gasteiger partial charge in [0.05, 0.1) is 0 Å². The summed E-state index contributed by atoms with van der Waals surface area (Å²) in [7, 11) is 0. The maximum atomic E-state index is 11.6. The molecule has 2 amide bonds. The van der Waals surface area contributed by atoms with E-state index in [1.807, 2.05) is 0 Å². The van der Waals surface area contributed by atoms with Crippen LogP contribution >= 0.6 is 0 Å². The minimum Gasteiger partial charge on any atom is -0.370 e. The predicted molar refractivity (Wildman–Crippen MR) is 60.1 cm³/mol. The molecule has 4 heteroatoms. The van der Waals surface area contributed by atoms with Gasteiger partial charge in [-0.05, 0) is 12.8 Å². The van der Waals surface area contributed by atoms with Crippen LogP contribution in [-0.2, 0) is 9.59 Å². The lowest BCUT2D eigenvalue weighted by Gasteiger charge is -2.14. The van der Waals surface area contributed by atoms with Crippen LogP contribution in [0.4, 0.5) is 0 Å². The highest BCUT2D eigenvalue weighted by Crippen LogP contribution is 2.13. The second-order valence-electron chi connectivity index (χ2n) is 3.78. The molecule has 0 radical (unpaired) electrons. The fourth-order valence-electron chi connectivity index (χ4n) is 1.56. The van der Waals surface area contributed by atoms with E-state index in [1.165, 1.54) is 0 Å². The molecule has 0 atom stereocenters. The lowest BCUT2D eigenvalue weighted by molar-refractivity contribution is -0.125. The molecule has 0 unspecified atom stereocenters. The Morgan fingerprint density at radius 3 is 2.13 bits per heavy atom. The van der Waals surface area contributed by atoms with E-state index >= 15 is 0 Å². The fourth-order valence-corrected chi connectivity index (χ4v) is 1.56. The van der Waals surface area contributed by atoms with Gasteiger partial charge in [0.1, 0.15) is 0 Å². The van der Waals surface area contributed by atoms with Crippen molar-refractivity contribution in [3.05, 3.63) is 0 Å². The molecule has 0 aromatic heterocycles. The van der Waals surface area contributed by atoms with E-state index in [-0.39, 0.29) is 24.2 Å². The van der Waals surface area contributed by atoms with Crippen LogP contribution in [0, 0.1) is 5.92 Å². The summed E-state index contributed by atoms with van der Waals surface area (Å²) in [6, 6.07) is 0. The van der Waals surface area contributed by atoms with E-state index in [4.69, 9.17) is 5.73 Å². The first-order valence-electron chi connectivity index (χ1n) is 5.67. The molecule has 3 N–H and O–H groups in total. The smallest absolute Gasteiger partial charge is 0.223 e. The number of amides is 2. The summed E-state index contributed by atoms with van der Waals surface area (Å²) in [5.74, 6) is -0.231. The monoisotopic (exact) mass is 214 g/mol. The second-order valence-corrected chi connectivity index (χ2v) is 3.78. The van der Waals surface area contributed by atoms with Crippen LogP contribution in [0.1, 0.15) is 46.0 Å². The maximum Gasteiger partial charge on any atom is 0.223 e. The van der Waals surface area contributed by atoms with Gasteiger partial charge in [0.2, 0.25) is 11.8 Å². The Bertz CT molecular complexity index is 199. The summed E-state index contributed by atoms with van der Waals surface area (Å²) in [5.41, 5.74) is 4.98. The fraction of sp³-hybridized carbons (Fsp3) is 0.818. The molecule has 0 heterocycles. The third-order valence-corrected chi connectivity index (χ3v) is 2.32. The Morgan fingerprint density at radius 1 is 1.20 bits per heavy atom. The summed E-state index contributed by atoms with van der Waals surface area (Å²) in [5, 5.41) is 2.74. The van der Waals surface area contributed by atoms with E-state index in [0.29, 0.717) is 6.54 Å². The molecule has 0 aliphatic heterocycles. The molecular formula is C11H22N2O2. The lowest BCUT2D eigenvalue weighted by atomic mass is 9.97. The summed E-state index contributed by atoms with van der Waals surface area (Å²) < 4.78 is 0. The first kappa shape index (κ1) is 13.9. The molecule has 0 fully saturated rings. The molecule has 0 aliphatic carbocycles. The van der Waals surface area contributed by atoms with E-state index in [0.717, 1.165) is 25.7 Å². The number of primary amides is 1. The van der Waals surface area contributed by atoms with Crippen LogP contribution in [0.2, 0.25) is 0 Å². The maximum absolute atomic E-state index is 11.6. The van der Waals surface area contributed by atoms with Crippen molar-refractivity contribution in [3.63, 3.8) is 0 Å². The van der Waals surface area contributed by atoms with Gasteiger partial charge >= 0.3 is 0 Å². The van der Waals surface area contributed by atoms with Crippen molar-refractivity contribution in [2.24, 2.45) is 11.7 Å². The number of carbonyl (C=O) groups excluding carboxylic acids is 2. The Kier molecular flexibility index (Phi) is 7.68. The van der Waals surface area contributed by atoms with Crippen LogP contribution in [0.5, 0.6) is 0 Å². The normalized spacial score (nSPS) is 10.3. The summed E-state index contributed by atoms with van der Waals surface area (Å²) >= 11 is 0. The number of nitrogens with one attached hydrogen (secondary N) is 1. The Labute approximate surface area is 91.6 Å².